The summed E-state index contributed by atoms with van der Waals surface area (Å²) >= 11 is 0. The predicted molar refractivity (Wildman–Crippen MR) is 86.6 cm³/mol. The molecular weight excluding hydrogens is 290 g/mol. The first-order valence-electron chi connectivity index (χ1n) is 7.74. The van der Waals surface area contributed by atoms with Crippen LogP contribution < -0.4 is 0 Å². The zero-order valence-corrected chi connectivity index (χ0v) is 13.3. The summed E-state index contributed by atoms with van der Waals surface area (Å²) < 4.78 is 1.70. The van der Waals surface area contributed by atoms with Gasteiger partial charge in [-0.2, -0.15) is 5.10 Å². The standard InChI is InChI=1S/C17H19N5O/c1-13(2)23-21-17(10-22-12-18-11-20-22)15-6-8-16(19-9-15)7-5-14-3-4-14/h6,8-9,11-14H,3-4,10H2,1-2H3/b21-17+. The van der Waals surface area contributed by atoms with Crippen molar-refractivity contribution in [3.05, 3.63) is 42.2 Å². The van der Waals surface area contributed by atoms with E-state index in [0.29, 0.717) is 12.5 Å². The minimum absolute atomic E-state index is 0.0115. The van der Waals surface area contributed by atoms with Gasteiger partial charge in [0.2, 0.25) is 0 Å². The lowest BCUT2D eigenvalue weighted by atomic mass is 10.1. The summed E-state index contributed by atoms with van der Waals surface area (Å²) in [6.07, 6.45) is 7.36. The van der Waals surface area contributed by atoms with Crippen LogP contribution in [0.2, 0.25) is 0 Å². The molecule has 23 heavy (non-hydrogen) atoms. The highest BCUT2D eigenvalue weighted by Crippen LogP contribution is 2.27. The predicted octanol–water partition coefficient (Wildman–Crippen LogP) is 2.26. The smallest absolute Gasteiger partial charge is 0.137 e. The summed E-state index contributed by atoms with van der Waals surface area (Å²) in [7, 11) is 0. The third kappa shape index (κ3) is 4.65. The molecule has 0 radical (unpaired) electrons. The molecule has 1 saturated carbocycles. The van der Waals surface area contributed by atoms with Crippen LogP contribution >= 0.6 is 0 Å². The molecule has 2 heterocycles. The molecule has 1 aliphatic carbocycles. The molecule has 0 bridgehead atoms. The molecule has 0 aliphatic heterocycles. The van der Waals surface area contributed by atoms with Gasteiger partial charge in [-0.15, -0.1) is 0 Å². The van der Waals surface area contributed by atoms with E-state index in [1.807, 2.05) is 26.0 Å². The first-order chi connectivity index (χ1) is 11.2. The molecule has 118 valence electrons. The fourth-order valence-corrected chi connectivity index (χ4v) is 1.85. The lowest BCUT2D eigenvalue weighted by Crippen LogP contribution is -2.14. The Morgan fingerprint density at radius 1 is 1.43 bits per heavy atom. The molecule has 0 aromatic carbocycles. The van der Waals surface area contributed by atoms with Gasteiger partial charge in [0.25, 0.3) is 0 Å². The summed E-state index contributed by atoms with van der Waals surface area (Å²) in [5.74, 6) is 6.89. The lowest BCUT2D eigenvalue weighted by molar-refractivity contribution is 0.0854. The minimum atomic E-state index is 0.0115. The van der Waals surface area contributed by atoms with Crippen molar-refractivity contribution in [3.8, 4) is 11.8 Å². The van der Waals surface area contributed by atoms with Gasteiger partial charge in [0.15, 0.2) is 0 Å². The van der Waals surface area contributed by atoms with Crippen LogP contribution in [-0.4, -0.2) is 31.6 Å². The molecule has 1 aliphatic rings. The second-order valence-electron chi connectivity index (χ2n) is 5.76. The van der Waals surface area contributed by atoms with Crippen LogP contribution in [0.25, 0.3) is 0 Å². The fourth-order valence-electron chi connectivity index (χ4n) is 1.85. The van der Waals surface area contributed by atoms with E-state index in [0.717, 1.165) is 17.0 Å². The van der Waals surface area contributed by atoms with Crippen LogP contribution in [0.3, 0.4) is 0 Å². The fraction of sp³-hybridized carbons (Fsp3) is 0.412. The molecule has 6 heteroatoms. The van der Waals surface area contributed by atoms with Crippen molar-refractivity contribution in [3.63, 3.8) is 0 Å². The maximum Gasteiger partial charge on any atom is 0.137 e. The quantitative estimate of drug-likeness (QED) is 0.483. The van der Waals surface area contributed by atoms with Crippen molar-refractivity contribution >= 4 is 5.71 Å². The van der Waals surface area contributed by atoms with Crippen LogP contribution in [-0.2, 0) is 11.4 Å². The molecule has 2 aromatic heterocycles. The van der Waals surface area contributed by atoms with Gasteiger partial charge >= 0.3 is 0 Å². The molecule has 0 N–H and O–H groups in total. The van der Waals surface area contributed by atoms with Gasteiger partial charge in [-0.05, 0) is 44.7 Å². The zero-order valence-electron chi connectivity index (χ0n) is 13.3. The van der Waals surface area contributed by atoms with Gasteiger partial charge in [0, 0.05) is 17.7 Å². The number of aromatic nitrogens is 4. The number of pyridine rings is 1. The van der Waals surface area contributed by atoms with Gasteiger partial charge < -0.3 is 4.84 Å². The average Bonchev–Trinajstić information content (AvgIpc) is 3.24. The summed E-state index contributed by atoms with van der Waals surface area (Å²) in [5, 5.41) is 8.34. The number of rotatable bonds is 5. The summed E-state index contributed by atoms with van der Waals surface area (Å²) in [5.41, 5.74) is 2.42. The van der Waals surface area contributed by atoms with Crippen LogP contribution in [0.1, 0.15) is 37.9 Å². The third-order valence-corrected chi connectivity index (χ3v) is 3.23. The van der Waals surface area contributed by atoms with Gasteiger partial charge in [-0.1, -0.05) is 11.1 Å². The van der Waals surface area contributed by atoms with Crippen molar-refractivity contribution in [1.29, 1.82) is 0 Å². The molecule has 0 spiro atoms. The van der Waals surface area contributed by atoms with Crippen molar-refractivity contribution in [2.45, 2.75) is 39.3 Å². The van der Waals surface area contributed by atoms with E-state index >= 15 is 0 Å². The second-order valence-corrected chi connectivity index (χ2v) is 5.76. The third-order valence-electron chi connectivity index (χ3n) is 3.23. The van der Waals surface area contributed by atoms with Gasteiger partial charge in [0.05, 0.1) is 6.54 Å². The van der Waals surface area contributed by atoms with E-state index in [1.165, 1.54) is 19.2 Å². The SMILES string of the molecule is CC(C)O/N=C(\Cn1cncn1)c1ccc(C#CC2CC2)nc1. The molecule has 0 atom stereocenters. The van der Waals surface area contributed by atoms with E-state index in [-0.39, 0.29) is 6.10 Å². The Labute approximate surface area is 135 Å². The summed E-state index contributed by atoms with van der Waals surface area (Å²) in [4.78, 5) is 13.7. The van der Waals surface area contributed by atoms with Crippen LogP contribution in [0.4, 0.5) is 0 Å². The molecular formula is C17H19N5O. The number of hydrogen-bond acceptors (Lipinski definition) is 5. The van der Waals surface area contributed by atoms with E-state index in [1.54, 1.807) is 17.2 Å². The molecule has 0 amide bonds. The maximum absolute atomic E-state index is 5.40. The van der Waals surface area contributed by atoms with Gasteiger partial charge in [0.1, 0.15) is 30.2 Å². The number of nitrogens with zero attached hydrogens (tertiary/aromatic N) is 5. The topological polar surface area (TPSA) is 65.2 Å². The van der Waals surface area contributed by atoms with Crippen LogP contribution in [0.5, 0.6) is 0 Å². The molecule has 1 fully saturated rings. The number of oxime groups is 1. The highest BCUT2D eigenvalue weighted by Gasteiger charge is 2.17. The zero-order chi connectivity index (χ0) is 16.1. The Kier molecular flexibility index (Phi) is 4.67. The molecule has 0 unspecified atom stereocenters. The summed E-state index contributed by atoms with van der Waals surface area (Å²) in [6, 6.07) is 3.88. The van der Waals surface area contributed by atoms with Gasteiger partial charge in [-0.25, -0.2) is 14.6 Å². The highest BCUT2D eigenvalue weighted by molar-refractivity contribution is 5.99. The molecule has 6 nitrogen and oxygen atoms in total. The van der Waals surface area contributed by atoms with Gasteiger partial charge in [-0.3, -0.25) is 0 Å². The van der Waals surface area contributed by atoms with Crippen molar-refractivity contribution in [1.82, 2.24) is 19.7 Å². The Morgan fingerprint density at radius 3 is 2.91 bits per heavy atom. The Balaban J connectivity index is 1.77. The van der Waals surface area contributed by atoms with Crippen molar-refractivity contribution < 1.29 is 4.84 Å². The Bertz CT molecular complexity index is 719. The Hall–Kier alpha value is -2.68. The first kappa shape index (κ1) is 15.2. The second kappa shape index (κ2) is 7.05. The minimum Gasteiger partial charge on any atom is -0.393 e. The van der Waals surface area contributed by atoms with E-state index in [2.05, 4.69) is 32.1 Å². The molecule has 0 saturated heterocycles. The maximum atomic E-state index is 5.40. The van der Waals surface area contributed by atoms with E-state index in [4.69, 9.17) is 4.84 Å². The highest BCUT2D eigenvalue weighted by atomic mass is 16.6. The normalized spacial score (nSPS) is 14.5. The van der Waals surface area contributed by atoms with E-state index in [9.17, 15) is 0 Å². The lowest BCUT2D eigenvalue weighted by Gasteiger charge is -2.08. The number of hydrogen-bond donors (Lipinski definition) is 0. The van der Waals surface area contributed by atoms with Crippen molar-refractivity contribution in [2.75, 3.05) is 0 Å². The average molecular weight is 309 g/mol. The Morgan fingerprint density at radius 2 is 2.30 bits per heavy atom. The van der Waals surface area contributed by atoms with Crippen molar-refractivity contribution in [2.24, 2.45) is 11.1 Å². The molecule has 2 aromatic rings. The van der Waals surface area contributed by atoms with Crippen LogP contribution in [0.15, 0.2) is 36.1 Å². The van der Waals surface area contributed by atoms with E-state index < -0.39 is 0 Å². The largest absolute Gasteiger partial charge is 0.393 e. The monoisotopic (exact) mass is 309 g/mol. The van der Waals surface area contributed by atoms with Crippen LogP contribution in [0, 0.1) is 17.8 Å². The molecule has 3 rings (SSSR count). The first-order valence-corrected chi connectivity index (χ1v) is 7.74. The summed E-state index contributed by atoms with van der Waals surface area (Å²) in [6.45, 7) is 4.35.